The van der Waals surface area contributed by atoms with E-state index in [4.69, 9.17) is 11.6 Å². The summed E-state index contributed by atoms with van der Waals surface area (Å²) in [5.41, 5.74) is 1.12. The average Bonchev–Trinajstić information content (AvgIpc) is 2.59. The Kier molecular flexibility index (Phi) is 5.69. The predicted octanol–water partition coefficient (Wildman–Crippen LogP) is 4.13. The molecule has 1 fully saturated rings. The van der Waals surface area contributed by atoms with Gasteiger partial charge in [-0.05, 0) is 58.6 Å². The molecule has 1 aromatic carbocycles. The molecular formula is C17H19BrClFN4. The molecule has 0 amide bonds. The molecular weight excluding hydrogens is 395 g/mol. The normalized spacial score (nSPS) is 16.3. The molecule has 1 aromatic heterocycles. The summed E-state index contributed by atoms with van der Waals surface area (Å²) in [5, 5.41) is 8.47. The number of benzene rings is 1. The molecule has 0 aliphatic carbocycles. The van der Waals surface area contributed by atoms with Crippen LogP contribution in [0.2, 0.25) is 5.15 Å². The molecule has 0 N–H and O–H groups in total. The molecule has 0 atom stereocenters. The van der Waals surface area contributed by atoms with Crippen LogP contribution in [0, 0.1) is 5.82 Å². The summed E-state index contributed by atoms with van der Waals surface area (Å²) in [6, 6.07) is 9.33. The standard InChI is InChI=1S/C17H19BrClFN4/c1-23(17-5-4-16(19)21-22-17)13-6-8-24(9-7-13)11-12-2-3-15(20)14(18)10-12/h2-5,10,13H,6-9,11H2,1H3. The van der Waals surface area contributed by atoms with Crippen LogP contribution < -0.4 is 4.90 Å². The Morgan fingerprint density at radius 3 is 2.62 bits per heavy atom. The first-order chi connectivity index (χ1) is 11.5. The summed E-state index contributed by atoms with van der Waals surface area (Å²) in [7, 11) is 2.05. The zero-order valence-electron chi connectivity index (χ0n) is 13.4. The molecule has 0 unspecified atom stereocenters. The minimum atomic E-state index is -0.219. The first kappa shape index (κ1) is 17.6. The zero-order valence-corrected chi connectivity index (χ0v) is 15.8. The Morgan fingerprint density at radius 2 is 2.00 bits per heavy atom. The summed E-state index contributed by atoms with van der Waals surface area (Å²) in [4.78, 5) is 4.58. The van der Waals surface area contributed by atoms with Gasteiger partial charge in [-0.1, -0.05) is 17.7 Å². The molecule has 2 aromatic rings. The van der Waals surface area contributed by atoms with Crippen molar-refractivity contribution in [1.29, 1.82) is 0 Å². The van der Waals surface area contributed by atoms with Crippen LogP contribution in [0.15, 0.2) is 34.8 Å². The molecule has 1 aliphatic rings. The van der Waals surface area contributed by atoms with Gasteiger partial charge in [0.1, 0.15) is 5.82 Å². The molecule has 3 rings (SSSR count). The van der Waals surface area contributed by atoms with Gasteiger partial charge in [-0.3, -0.25) is 4.90 Å². The molecule has 24 heavy (non-hydrogen) atoms. The van der Waals surface area contributed by atoms with Crippen LogP contribution in [0.3, 0.4) is 0 Å². The van der Waals surface area contributed by atoms with Crippen molar-refractivity contribution in [3.63, 3.8) is 0 Å². The number of likely N-dealkylation sites (tertiary alicyclic amines) is 1. The van der Waals surface area contributed by atoms with Gasteiger partial charge in [0.25, 0.3) is 0 Å². The molecule has 128 valence electrons. The summed E-state index contributed by atoms with van der Waals surface area (Å²) in [6.07, 6.45) is 2.12. The van der Waals surface area contributed by atoms with E-state index in [1.165, 1.54) is 6.07 Å². The SMILES string of the molecule is CN(c1ccc(Cl)nn1)C1CCN(Cc2ccc(F)c(Br)c2)CC1. The van der Waals surface area contributed by atoms with Crippen molar-refractivity contribution in [3.8, 4) is 0 Å². The van der Waals surface area contributed by atoms with Gasteiger partial charge in [-0.2, -0.15) is 0 Å². The van der Waals surface area contributed by atoms with Gasteiger partial charge in [0.05, 0.1) is 4.47 Å². The summed E-state index contributed by atoms with van der Waals surface area (Å²) >= 11 is 9.04. The number of anilines is 1. The molecule has 4 nitrogen and oxygen atoms in total. The second-order valence-electron chi connectivity index (χ2n) is 6.08. The highest BCUT2D eigenvalue weighted by molar-refractivity contribution is 9.10. The van der Waals surface area contributed by atoms with Gasteiger partial charge in [-0.25, -0.2) is 4.39 Å². The fraction of sp³-hybridized carbons (Fsp3) is 0.412. The third-order valence-corrected chi connectivity index (χ3v) is 5.28. The van der Waals surface area contributed by atoms with Crippen LogP contribution in [0.4, 0.5) is 10.2 Å². The van der Waals surface area contributed by atoms with Crippen molar-refractivity contribution in [2.75, 3.05) is 25.0 Å². The van der Waals surface area contributed by atoms with Gasteiger partial charge >= 0.3 is 0 Å². The highest BCUT2D eigenvalue weighted by Crippen LogP contribution is 2.23. The number of rotatable bonds is 4. The second-order valence-corrected chi connectivity index (χ2v) is 7.32. The predicted molar refractivity (Wildman–Crippen MR) is 97.8 cm³/mol. The van der Waals surface area contributed by atoms with E-state index in [1.54, 1.807) is 6.07 Å². The molecule has 1 saturated heterocycles. The Labute approximate surface area is 154 Å². The molecule has 2 heterocycles. The minimum Gasteiger partial charge on any atom is -0.355 e. The summed E-state index contributed by atoms with van der Waals surface area (Å²) in [6.45, 7) is 2.85. The van der Waals surface area contributed by atoms with Crippen LogP contribution in [0.25, 0.3) is 0 Å². The van der Waals surface area contributed by atoms with Crippen molar-refractivity contribution in [1.82, 2.24) is 15.1 Å². The molecule has 7 heteroatoms. The number of hydrogen-bond donors (Lipinski definition) is 0. The van der Waals surface area contributed by atoms with Crippen LogP contribution in [0.1, 0.15) is 18.4 Å². The van der Waals surface area contributed by atoms with Crippen molar-refractivity contribution in [3.05, 3.63) is 51.3 Å². The van der Waals surface area contributed by atoms with E-state index in [2.05, 4.69) is 43.0 Å². The smallest absolute Gasteiger partial charge is 0.151 e. The topological polar surface area (TPSA) is 32.3 Å². The third-order valence-electron chi connectivity index (χ3n) is 4.47. The van der Waals surface area contributed by atoms with E-state index in [1.807, 2.05) is 18.2 Å². The van der Waals surface area contributed by atoms with E-state index < -0.39 is 0 Å². The maximum atomic E-state index is 13.3. The Hall–Kier alpha value is -1.24. The summed E-state index contributed by atoms with van der Waals surface area (Å²) < 4.78 is 13.8. The Balaban J connectivity index is 1.55. The fourth-order valence-electron chi connectivity index (χ4n) is 3.05. The monoisotopic (exact) mass is 412 g/mol. The number of piperidine rings is 1. The first-order valence-electron chi connectivity index (χ1n) is 7.91. The van der Waals surface area contributed by atoms with E-state index >= 15 is 0 Å². The maximum Gasteiger partial charge on any atom is 0.151 e. The van der Waals surface area contributed by atoms with Crippen molar-refractivity contribution < 1.29 is 4.39 Å². The highest BCUT2D eigenvalue weighted by atomic mass is 79.9. The molecule has 0 spiro atoms. The van der Waals surface area contributed by atoms with Gasteiger partial charge in [0.2, 0.25) is 0 Å². The number of halogens is 3. The highest BCUT2D eigenvalue weighted by Gasteiger charge is 2.23. The Bertz CT molecular complexity index is 689. The lowest BCUT2D eigenvalue weighted by molar-refractivity contribution is 0.203. The fourth-order valence-corrected chi connectivity index (χ4v) is 3.57. The van der Waals surface area contributed by atoms with Crippen LogP contribution in [0.5, 0.6) is 0 Å². The van der Waals surface area contributed by atoms with Crippen LogP contribution in [-0.4, -0.2) is 41.3 Å². The molecule has 0 radical (unpaired) electrons. The lowest BCUT2D eigenvalue weighted by Gasteiger charge is -2.37. The first-order valence-corrected chi connectivity index (χ1v) is 9.08. The second kappa shape index (κ2) is 7.76. The summed E-state index contributed by atoms with van der Waals surface area (Å²) in [5.74, 6) is 0.628. The minimum absolute atomic E-state index is 0.219. The third kappa shape index (κ3) is 4.23. The number of aromatic nitrogens is 2. The van der Waals surface area contributed by atoms with Gasteiger partial charge in [0.15, 0.2) is 11.0 Å². The maximum absolute atomic E-state index is 13.3. The quantitative estimate of drug-likeness (QED) is 0.754. The van der Waals surface area contributed by atoms with Gasteiger partial charge < -0.3 is 4.90 Å². The van der Waals surface area contributed by atoms with Gasteiger partial charge in [0, 0.05) is 32.7 Å². The number of nitrogens with zero attached hydrogens (tertiary/aromatic N) is 4. The molecule has 0 saturated carbocycles. The van der Waals surface area contributed by atoms with Crippen molar-refractivity contribution in [2.45, 2.75) is 25.4 Å². The van der Waals surface area contributed by atoms with E-state index in [-0.39, 0.29) is 5.82 Å². The van der Waals surface area contributed by atoms with Crippen molar-refractivity contribution >= 4 is 33.3 Å². The zero-order chi connectivity index (χ0) is 17.1. The van der Waals surface area contributed by atoms with Crippen LogP contribution >= 0.6 is 27.5 Å². The largest absolute Gasteiger partial charge is 0.355 e. The van der Waals surface area contributed by atoms with E-state index in [9.17, 15) is 4.39 Å². The lowest BCUT2D eigenvalue weighted by atomic mass is 10.0. The number of hydrogen-bond acceptors (Lipinski definition) is 4. The van der Waals surface area contributed by atoms with E-state index in [0.717, 1.165) is 43.9 Å². The molecule has 1 aliphatic heterocycles. The average molecular weight is 414 g/mol. The van der Waals surface area contributed by atoms with Gasteiger partial charge in [-0.15, -0.1) is 10.2 Å². The van der Waals surface area contributed by atoms with Crippen LogP contribution in [-0.2, 0) is 6.54 Å². The lowest BCUT2D eigenvalue weighted by Crippen LogP contribution is -2.43. The molecule has 0 bridgehead atoms. The van der Waals surface area contributed by atoms with Crippen molar-refractivity contribution in [2.24, 2.45) is 0 Å². The van der Waals surface area contributed by atoms with E-state index in [0.29, 0.717) is 15.7 Å². The Morgan fingerprint density at radius 1 is 1.25 bits per heavy atom.